The fourth-order valence-corrected chi connectivity index (χ4v) is 4.13. The molecule has 2 unspecified atom stereocenters. The third-order valence-electron chi connectivity index (χ3n) is 5.75. The molecule has 0 spiro atoms. The van der Waals surface area contributed by atoms with Gasteiger partial charge in [-0.25, -0.2) is 4.39 Å². The van der Waals surface area contributed by atoms with E-state index in [-0.39, 0.29) is 30.2 Å². The van der Waals surface area contributed by atoms with Crippen LogP contribution in [0, 0.1) is 17.7 Å². The predicted octanol–water partition coefficient (Wildman–Crippen LogP) is 3.78. The van der Waals surface area contributed by atoms with E-state index in [2.05, 4.69) is 12.2 Å². The smallest absolute Gasteiger partial charge is 0.223 e. The minimum Gasteiger partial charge on any atom is -0.376 e. The number of amides is 1. The van der Waals surface area contributed by atoms with E-state index in [9.17, 15) is 9.18 Å². The van der Waals surface area contributed by atoms with Crippen molar-refractivity contribution < 1.29 is 13.9 Å². The average Bonchev–Trinajstić information content (AvgIpc) is 3.15. The highest BCUT2D eigenvalue weighted by Gasteiger charge is 2.27. The summed E-state index contributed by atoms with van der Waals surface area (Å²) < 4.78 is 19.3. The van der Waals surface area contributed by atoms with Crippen LogP contribution in [0.15, 0.2) is 24.3 Å². The van der Waals surface area contributed by atoms with Gasteiger partial charge in [0.05, 0.1) is 6.10 Å². The summed E-state index contributed by atoms with van der Waals surface area (Å²) in [7, 11) is 0. The van der Waals surface area contributed by atoms with E-state index in [1.165, 1.54) is 12.1 Å². The number of nitrogens with zero attached hydrogens (tertiary/aromatic N) is 1. The third kappa shape index (κ3) is 6.74. The lowest BCUT2D eigenvalue weighted by Gasteiger charge is -2.31. The fourth-order valence-electron chi connectivity index (χ4n) is 4.13. The zero-order chi connectivity index (χ0) is 18.4. The number of hydrogen-bond donors (Lipinski definition) is 1. The number of hydrogen-bond acceptors (Lipinski definition) is 3. The summed E-state index contributed by atoms with van der Waals surface area (Å²) in [6.07, 6.45) is 5.01. The molecule has 1 N–H and O–H groups in total. The lowest BCUT2D eigenvalue weighted by Crippen LogP contribution is -2.39. The Hall–Kier alpha value is -1.17. The molecule has 4 nitrogen and oxygen atoms in total. The maximum Gasteiger partial charge on any atom is 0.223 e. The van der Waals surface area contributed by atoms with Crippen molar-refractivity contribution >= 4 is 18.3 Å². The summed E-state index contributed by atoms with van der Waals surface area (Å²) in [5.41, 5.74) is 0.839. The van der Waals surface area contributed by atoms with Crippen molar-refractivity contribution in [2.45, 2.75) is 51.7 Å². The minimum atomic E-state index is -0.255. The monoisotopic (exact) mass is 398 g/mol. The van der Waals surface area contributed by atoms with Crippen LogP contribution in [-0.4, -0.2) is 43.2 Å². The number of piperidine rings is 1. The van der Waals surface area contributed by atoms with Crippen molar-refractivity contribution in [1.29, 1.82) is 0 Å². The van der Waals surface area contributed by atoms with E-state index in [0.717, 1.165) is 50.9 Å². The first-order valence-corrected chi connectivity index (χ1v) is 9.96. The largest absolute Gasteiger partial charge is 0.376 e. The Morgan fingerprint density at radius 1 is 1.33 bits per heavy atom. The van der Waals surface area contributed by atoms with Crippen molar-refractivity contribution in [2.24, 2.45) is 11.8 Å². The Balaban J connectivity index is 0.00000261. The highest BCUT2D eigenvalue weighted by Crippen LogP contribution is 2.26. The predicted molar refractivity (Wildman–Crippen MR) is 107 cm³/mol. The van der Waals surface area contributed by atoms with Crippen LogP contribution in [-0.2, 0) is 16.1 Å². The minimum absolute atomic E-state index is 0. The van der Waals surface area contributed by atoms with Gasteiger partial charge in [0.2, 0.25) is 5.91 Å². The van der Waals surface area contributed by atoms with E-state index in [4.69, 9.17) is 4.74 Å². The van der Waals surface area contributed by atoms with Crippen molar-refractivity contribution in [3.63, 3.8) is 0 Å². The van der Waals surface area contributed by atoms with Crippen LogP contribution in [0.5, 0.6) is 0 Å². The summed E-state index contributed by atoms with van der Waals surface area (Å²) in [6, 6.07) is 6.55. The van der Waals surface area contributed by atoms with Crippen LogP contribution >= 0.6 is 12.4 Å². The van der Waals surface area contributed by atoms with Gasteiger partial charge in [0, 0.05) is 26.1 Å². The number of rotatable bonds is 7. The van der Waals surface area contributed by atoms with E-state index >= 15 is 0 Å². The van der Waals surface area contributed by atoms with Gasteiger partial charge >= 0.3 is 0 Å². The van der Waals surface area contributed by atoms with Crippen LogP contribution in [0.1, 0.15) is 44.6 Å². The Morgan fingerprint density at radius 2 is 2.11 bits per heavy atom. The Bertz CT molecular complexity index is 589. The molecule has 2 fully saturated rings. The van der Waals surface area contributed by atoms with Crippen molar-refractivity contribution in [2.75, 3.05) is 26.2 Å². The molecule has 1 aromatic rings. The molecule has 0 radical (unpaired) electrons. The Morgan fingerprint density at radius 3 is 2.78 bits per heavy atom. The molecule has 0 aromatic heterocycles. The molecule has 27 heavy (non-hydrogen) atoms. The molecule has 2 aliphatic heterocycles. The molecule has 0 saturated carbocycles. The zero-order valence-corrected chi connectivity index (χ0v) is 17.0. The molecule has 2 aliphatic rings. The van der Waals surface area contributed by atoms with Gasteiger partial charge in [0.25, 0.3) is 0 Å². The molecule has 0 aliphatic carbocycles. The second-order valence-electron chi connectivity index (χ2n) is 7.81. The fraction of sp³-hybridized carbons (Fsp3) is 0.667. The molecule has 6 heteroatoms. The summed E-state index contributed by atoms with van der Waals surface area (Å²) >= 11 is 0. The average molecular weight is 399 g/mol. The van der Waals surface area contributed by atoms with Gasteiger partial charge < -0.3 is 15.0 Å². The van der Waals surface area contributed by atoms with Gasteiger partial charge in [0.1, 0.15) is 5.82 Å². The molecular weight excluding hydrogens is 367 g/mol. The Labute approximate surface area is 168 Å². The van der Waals surface area contributed by atoms with E-state index in [1.54, 1.807) is 6.07 Å². The normalized spacial score (nSPS) is 21.5. The molecule has 3 rings (SSSR count). The molecule has 2 heterocycles. The number of carbonyl (C=O) groups is 1. The number of carbonyl (C=O) groups excluding carboxylic acids is 1. The van der Waals surface area contributed by atoms with Gasteiger partial charge in [-0.3, -0.25) is 4.79 Å². The number of benzene rings is 1. The molecule has 152 valence electrons. The standard InChI is InChI=1S/C21H31FN2O2.ClH/c1-16(18-7-9-23-10-8-18)12-21(25)24(15-20-6-3-11-26-20)14-17-4-2-5-19(22)13-17;/h2,4-5,13,16,18,20,23H,3,6-12,14-15H2,1H3;1H. The van der Waals surface area contributed by atoms with Crippen LogP contribution < -0.4 is 5.32 Å². The SMILES string of the molecule is CC(CC(=O)N(Cc1cccc(F)c1)CC1CCCO1)C1CCNCC1.Cl. The van der Waals surface area contributed by atoms with Crippen molar-refractivity contribution in [3.8, 4) is 0 Å². The van der Waals surface area contributed by atoms with Gasteiger partial charge in [-0.2, -0.15) is 0 Å². The lowest BCUT2D eigenvalue weighted by molar-refractivity contribution is -0.134. The quantitative estimate of drug-likeness (QED) is 0.759. The van der Waals surface area contributed by atoms with Crippen molar-refractivity contribution in [1.82, 2.24) is 10.2 Å². The number of ether oxygens (including phenoxy) is 1. The summed E-state index contributed by atoms with van der Waals surface area (Å²) in [5, 5.41) is 3.38. The Kier molecular flexibility index (Phi) is 9.00. The zero-order valence-electron chi connectivity index (χ0n) is 16.2. The molecular formula is C21H32ClFN2O2. The van der Waals surface area contributed by atoms with E-state index in [1.807, 2.05) is 11.0 Å². The van der Waals surface area contributed by atoms with E-state index < -0.39 is 0 Å². The summed E-state index contributed by atoms with van der Waals surface area (Å²) in [6.45, 7) is 6.13. The second kappa shape index (κ2) is 11.0. The lowest BCUT2D eigenvalue weighted by atomic mass is 9.84. The van der Waals surface area contributed by atoms with Crippen LogP contribution in [0.4, 0.5) is 4.39 Å². The molecule has 2 saturated heterocycles. The summed E-state index contributed by atoms with van der Waals surface area (Å²) in [4.78, 5) is 14.9. The van der Waals surface area contributed by atoms with Gasteiger partial charge in [-0.1, -0.05) is 19.1 Å². The first-order valence-electron chi connectivity index (χ1n) is 9.96. The first-order chi connectivity index (χ1) is 12.6. The molecule has 1 amide bonds. The first kappa shape index (κ1) is 22.1. The topological polar surface area (TPSA) is 41.6 Å². The van der Waals surface area contributed by atoms with Gasteiger partial charge in [0.15, 0.2) is 0 Å². The van der Waals surface area contributed by atoms with Crippen LogP contribution in [0.3, 0.4) is 0 Å². The van der Waals surface area contributed by atoms with Gasteiger partial charge in [-0.15, -0.1) is 12.4 Å². The van der Waals surface area contributed by atoms with Gasteiger partial charge in [-0.05, 0) is 68.3 Å². The third-order valence-corrected chi connectivity index (χ3v) is 5.75. The number of halogens is 2. The molecule has 1 aromatic carbocycles. The van der Waals surface area contributed by atoms with E-state index in [0.29, 0.717) is 31.3 Å². The maximum absolute atomic E-state index is 13.5. The highest BCUT2D eigenvalue weighted by molar-refractivity contribution is 5.85. The van der Waals surface area contributed by atoms with Crippen molar-refractivity contribution in [3.05, 3.63) is 35.6 Å². The van der Waals surface area contributed by atoms with Crippen LogP contribution in [0.2, 0.25) is 0 Å². The second-order valence-corrected chi connectivity index (χ2v) is 7.81. The maximum atomic E-state index is 13.5. The summed E-state index contributed by atoms with van der Waals surface area (Å²) in [5.74, 6) is 0.897. The van der Waals surface area contributed by atoms with Crippen LogP contribution in [0.25, 0.3) is 0 Å². The highest BCUT2D eigenvalue weighted by atomic mass is 35.5. The molecule has 2 atom stereocenters. The molecule has 0 bridgehead atoms. The number of nitrogens with one attached hydrogen (secondary N) is 1.